The van der Waals surface area contributed by atoms with E-state index >= 15 is 0 Å². The number of carbonyl (C=O) groups is 1. The van der Waals surface area contributed by atoms with Gasteiger partial charge in [0, 0.05) is 55.3 Å². The maximum absolute atomic E-state index is 14.6. The molecule has 1 aromatic heterocycles. The van der Waals surface area contributed by atoms with E-state index in [-0.39, 0.29) is 22.9 Å². The molecule has 2 aliphatic carbocycles. The lowest BCUT2D eigenvalue weighted by molar-refractivity contribution is -0.0901. The fourth-order valence-electron chi connectivity index (χ4n) is 6.76. The van der Waals surface area contributed by atoms with Crippen molar-refractivity contribution in [3.63, 3.8) is 0 Å². The minimum atomic E-state index is -2.80. The van der Waals surface area contributed by atoms with Gasteiger partial charge in [0.15, 0.2) is 11.6 Å². The number of rotatable bonds is 7. The molecule has 4 atom stereocenters. The van der Waals surface area contributed by atoms with Gasteiger partial charge in [-0.2, -0.15) is 0 Å². The third-order valence-electron chi connectivity index (χ3n) is 8.84. The smallest absolute Gasteiger partial charge is 0.252 e. The predicted octanol–water partition coefficient (Wildman–Crippen LogP) is 4.54. The van der Waals surface area contributed by atoms with E-state index in [0.717, 1.165) is 57.4 Å². The first-order valence-corrected chi connectivity index (χ1v) is 13.8. The van der Waals surface area contributed by atoms with E-state index in [1.165, 1.54) is 18.6 Å². The van der Waals surface area contributed by atoms with Gasteiger partial charge in [0.25, 0.3) is 11.8 Å². The number of halogens is 4. The quantitative estimate of drug-likeness (QED) is 0.441. The van der Waals surface area contributed by atoms with Crippen LogP contribution in [0.4, 0.5) is 23.4 Å². The van der Waals surface area contributed by atoms with Crippen LogP contribution in [0.5, 0.6) is 0 Å². The van der Waals surface area contributed by atoms with Crippen LogP contribution in [-0.2, 0) is 4.74 Å². The summed E-state index contributed by atoms with van der Waals surface area (Å²) in [5, 5.41) is 17.9. The Bertz CT molecular complexity index is 1200. The van der Waals surface area contributed by atoms with Gasteiger partial charge < -0.3 is 20.7 Å². The van der Waals surface area contributed by atoms with E-state index in [2.05, 4.69) is 26.1 Å². The summed E-state index contributed by atoms with van der Waals surface area (Å²) >= 11 is 0. The van der Waals surface area contributed by atoms with Crippen LogP contribution in [0.3, 0.4) is 0 Å². The molecule has 4 aliphatic rings. The number of nitrogens with one attached hydrogen (secondary N) is 3. The number of alkyl halides is 2. The number of hydrogen-bond acceptors (Lipinski definition) is 6. The standard InChI is InChI=1S/C28H33F4N5O2/c29-22-10-16(27(38)35-19-12-28(31,32)13-19)9-21(26(22)30)23-1-2-25(37-36-23)34-18-8-17-14-33-24(20(17)11-18)7-15-3-5-39-6-4-15/h1-2,9-10,15,17-20,24,33H,3-8,11-14H2,(H,34,37)(H,35,38)/t17-,18+,20+,24+/m1/s1. The zero-order valence-electron chi connectivity index (χ0n) is 21.6. The summed E-state index contributed by atoms with van der Waals surface area (Å²) in [7, 11) is 0. The molecule has 2 saturated carbocycles. The average Bonchev–Trinajstić information content (AvgIpc) is 3.46. The van der Waals surface area contributed by atoms with E-state index < -0.39 is 42.3 Å². The maximum Gasteiger partial charge on any atom is 0.252 e. The molecule has 2 aliphatic heterocycles. The lowest BCUT2D eigenvalue weighted by Crippen LogP contribution is -2.50. The zero-order valence-corrected chi connectivity index (χ0v) is 21.6. The molecule has 0 unspecified atom stereocenters. The second kappa shape index (κ2) is 10.6. The first-order valence-electron chi connectivity index (χ1n) is 13.8. The SMILES string of the molecule is O=C(NC1CC(F)(F)C1)c1cc(F)c(F)c(-c2ccc(N[C@H]3C[C@@H]4CN[C@@H](CC5CCOCC5)[C@H]4C3)nn2)c1. The number of nitrogens with zero attached hydrogens (tertiary/aromatic N) is 2. The molecule has 1 amide bonds. The second-order valence-electron chi connectivity index (χ2n) is 11.6. The number of benzene rings is 1. The highest BCUT2D eigenvalue weighted by molar-refractivity contribution is 5.95. The molecule has 4 fully saturated rings. The van der Waals surface area contributed by atoms with Crippen molar-refractivity contribution in [1.29, 1.82) is 0 Å². The fraction of sp³-hybridized carbons (Fsp3) is 0.607. The lowest BCUT2D eigenvalue weighted by atomic mass is 9.85. The molecule has 3 N–H and O–H groups in total. The molecule has 3 heterocycles. The van der Waals surface area contributed by atoms with E-state index in [0.29, 0.717) is 23.7 Å². The molecule has 7 nitrogen and oxygen atoms in total. The number of anilines is 1. The molecule has 6 rings (SSSR count). The molecular formula is C28H33F4N5O2. The highest BCUT2D eigenvalue weighted by Gasteiger charge is 2.46. The molecule has 0 spiro atoms. The monoisotopic (exact) mass is 547 g/mol. The highest BCUT2D eigenvalue weighted by Crippen LogP contribution is 2.42. The van der Waals surface area contributed by atoms with Gasteiger partial charge in [-0.25, -0.2) is 17.6 Å². The normalized spacial score (nSPS) is 28.6. The molecule has 210 valence electrons. The number of aromatic nitrogens is 2. The van der Waals surface area contributed by atoms with Crippen molar-refractivity contribution in [2.45, 2.75) is 69.0 Å². The first-order chi connectivity index (χ1) is 18.7. The Hall–Kier alpha value is -2.79. The van der Waals surface area contributed by atoms with Crippen molar-refractivity contribution in [3.8, 4) is 11.3 Å². The minimum Gasteiger partial charge on any atom is -0.381 e. The summed E-state index contributed by atoms with van der Waals surface area (Å²) < 4.78 is 60.6. The lowest BCUT2D eigenvalue weighted by Gasteiger charge is -2.35. The van der Waals surface area contributed by atoms with Crippen molar-refractivity contribution < 1.29 is 27.1 Å². The molecule has 2 saturated heterocycles. The Morgan fingerprint density at radius 3 is 2.59 bits per heavy atom. The highest BCUT2D eigenvalue weighted by atomic mass is 19.3. The average molecular weight is 548 g/mol. The van der Waals surface area contributed by atoms with E-state index in [1.54, 1.807) is 6.07 Å². The molecule has 0 radical (unpaired) electrons. The Morgan fingerprint density at radius 1 is 1.08 bits per heavy atom. The van der Waals surface area contributed by atoms with Crippen LogP contribution >= 0.6 is 0 Å². The van der Waals surface area contributed by atoms with Crippen LogP contribution in [0.15, 0.2) is 24.3 Å². The Morgan fingerprint density at radius 2 is 1.87 bits per heavy atom. The fourth-order valence-corrected chi connectivity index (χ4v) is 6.76. The number of hydrogen-bond donors (Lipinski definition) is 3. The van der Waals surface area contributed by atoms with Crippen LogP contribution in [-0.4, -0.2) is 59.9 Å². The molecule has 2 aromatic rings. The summed E-state index contributed by atoms with van der Waals surface area (Å²) in [4.78, 5) is 12.5. The van der Waals surface area contributed by atoms with Gasteiger partial charge in [-0.3, -0.25) is 4.79 Å². The molecule has 1 aromatic carbocycles. The van der Waals surface area contributed by atoms with Crippen LogP contribution in [0.25, 0.3) is 11.3 Å². The number of fused-ring (bicyclic) bond motifs is 1. The Balaban J connectivity index is 1.08. The largest absolute Gasteiger partial charge is 0.381 e. The number of ether oxygens (including phenoxy) is 1. The summed E-state index contributed by atoms with van der Waals surface area (Å²) in [6.45, 7) is 2.75. The predicted molar refractivity (Wildman–Crippen MR) is 136 cm³/mol. The molecular weight excluding hydrogens is 514 g/mol. The number of amides is 1. The van der Waals surface area contributed by atoms with Gasteiger partial charge in [-0.05, 0) is 80.7 Å². The maximum atomic E-state index is 14.6. The molecule has 0 bridgehead atoms. The van der Waals surface area contributed by atoms with Gasteiger partial charge in [0.05, 0.1) is 5.69 Å². The summed E-state index contributed by atoms with van der Waals surface area (Å²) in [6.07, 6.45) is 4.61. The van der Waals surface area contributed by atoms with Crippen molar-refractivity contribution in [1.82, 2.24) is 20.8 Å². The van der Waals surface area contributed by atoms with Crippen molar-refractivity contribution >= 4 is 11.7 Å². The van der Waals surface area contributed by atoms with Gasteiger partial charge in [-0.15, -0.1) is 10.2 Å². The summed E-state index contributed by atoms with van der Waals surface area (Å²) in [5.74, 6) is -3.39. The Kier molecular flexibility index (Phi) is 7.22. The number of carbonyl (C=O) groups excluding carboxylic acids is 1. The van der Waals surface area contributed by atoms with Gasteiger partial charge >= 0.3 is 0 Å². The van der Waals surface area contributed by atoms with Crippen molar-refractivity contribution in [3.05, 3.63) is 41.5 Å². The Labute approximate surface area is 224 Å². The van der Waals surface area contributed by atoms with Crippen LogP contribution in [0.1, 0.15) is 55.3 Å². The van der Waals surface area contributed by atoms with Crippen LogP contribution < -0.4 is 16.0 Å². The second-order valence-corrected chi connectivity index (χ2v) is 11.6. The van der Waals surface area contributed by atoms with E-state index in [4.69, 9.17) is 4.74 Å². The third-order valence-corrected chi connectivity index (χ3v) is 8.84. The van der Waals surface area contributed by atoms with Crippen LogP contribution in [0, 0.1) is 29.4 Å². The van der Waals surface area contributed by atoms with E-state index in [1.807, 2.05) is 0 Å². The molecule has 39 heavy (non-hydrogen) atoms. The summed E-state index contributed by atoms with van der Waals surface area (Å²) in [5.41, 5.74) is -0.300. The van der Waals surface area contributed by atoms with Crippen molar-refractivity contribution in [2.75, 3.05) is 25.1 Å². The van der Waals surface area contributed by atoms with E-state index in [9.17, 15) is 22.4 Å². The van der Waals surface area contributed by atoms with Crippen molar-refractivity contribution in [2.24, 2.45) is 17.8 Å². The third kappa shape index (κ3) is 5.75. The molecule has 11 heteroatoms. The van der Waals surface area contributed by atoms with Gasteiger partial charge in [0.1, 0.15) is 5.82 Å². The van der Waals surface area contributed by atoms with Gasteiger partial charge in [-0.1, -0.05) is 0 Å². The zero-order chi connectivity index (χ0) is 27.1. The van der Waals surface area contributed by atoms with Gasteiger partial charge in [0.2, 0.25) is 0 Å². The minimum absolute atomic E-state index is 0.0748. The first kappa shape index (κ1) is 26.4. The summed E-state index contributed by atoms with van der Waals surface area (Å²) in [6, 6.07) is 5.24. The van der Waals surface area contributed by atoms with Crippen LogP contribution in [0.2, 0.25) is 0 Å². The topological polar surface area (TPSA) is 88.2 Å².